The highest BCUT2D eigenvalue weighted by molar-refractivity contribution is 5.78. The Hall–Kier alpha value is -0.690. The van der Waals surface area contributed by atoms with Crippen LogP contribution in [0.5, 0.6) is 0 Å². The quantitative estimate of drug-likeness (QED) is 0.484. The molecule has 0 unspecified atom stereocenters. The zero-order chi connectivity index (χ0) is 17.1. The Kier molecular flexibility index (Phi) is 10.4. The van der Waals surface area contributed by atoms with E-state index < -0.39 is 0 Å². The SMILES string of the molecule is CC(C)NCCNC(=O)CN1CCC(OCCNC(C)C)CC1. The van der Waals surface area contributed by atoms with Gasteiger partial charge in [-0.15, -0.1) is 0 Å². The first-order chi connectivity index (χ1) is 11.0. The highest BCUT2D eigenvalue weighted by Gasteiger charge is 2.21. The normalized spacial score (nSPS) is 17.1. The number of amides is 1. The third-order valence-corrected chi connectivity index (χ3v) is 3.91. The predicted octanol–water partition coefficient (Wildman–Crippen LogP) is 0.580. The molecule has 136 valence electrons. The molecule has 6 nitrogen and oxygen atoms in total. The summed E-state index contributed by atoms with van der Waals surface area (Å²) in [6, 6.07) is 0.969. The highest BCUT2D eigenvalue weighted by Crippen LogP contribution is 2.13. The number of likely N-dealkylation sites (tertiary alicyclic amines) is 1. The summed E-state index contributed by atoms with van der Waals surface area (Å²) in [4.78, 5) is 14.1. The second-order valence-electron chi connectivity index (χ2n) is 6.91. The third-order valence-electron chi connectivity index (χ3n) is 3.91. The van der Waals surface area contributed by atoms with Crippen LogP contribution < -0.4 is 16.0 Å². The highest BCUT2D eigenvalue weighted by atomic mass is 16.5. The monoisotopic (exact) mass is 328 g/mol. The predicted molar refractivity (Wildman–Crippen MR) is 94.7 cm³/mol. The summed E-state index contributed by atoms with van der Waals surface area (Å²) in [5, 5.41) is 9.62. The minimum atomic E-state index is 0.121. The fraction of sp³-hybridized carbons (Fsp3) is 0.941. The molecule has 0 aromatic carbocycles. The minimum Gasteiger partial charge on any atom is -0.377 e. The summed E-state index contributed by atoms with van der Waals surface area (Å²) in [6.07, 6.45) is 2.38. The summed E-state index contributed by atoms with van der Waals surface area (Å²) >= 11 is 0. The van der Waals surface area contributed by atoms with Crippen LogP contribution in [-0.2, 0) is 9.53 Å². The van der Waals surface area contributed by atoms with E-state index in [1.165, 1.54) is 0 Å². The van der Waals surface area contributed by atoms with Crippen molar-refractivity contribution in [2.75, 3.05) is 45.9 Å². The maximum atomic E-state index is 11.9. The maximum absolute atomic E-state index is 11.9. The van der Waals surface area contributed by atoms with Crippen molar-refractivity contribution in [3.8, 4) is 0 Å². The van der Waals surface area contributed by atoms with Gasteiger partial charge in [0, 0.05) is 44.8 Å². The van der Waals surface area contributed by atoms with Crippen LogP contribution >= 0.6 is 0 Å². The number of nitrogens with one attached hydrogen (secondary N) is 3. The second kappa shape index (κ2) is 11.8. The van der Waals surface area contributed by atoms with Crippen molar-refractivity contribution in [2.45, 2.75) is 58.7 Å². The molecular weight excluding hydrogens is 292 g/mol. The molecule has 0 aliphatic carbocycles. The smallest absolute Gasteiger partial charge is 0.234 e. The lowest BCUT2D eigenvalue weighted by Crippen LogP contribution is -2.44. The molecule has 3 N–H and O–H groups in total. The van der Waals surface area contributed by atoms with Crippen molar-refractivity contribution >= 4 is 5.91 Å². The number of nitrogens with zero attached hydrogens (tertiary/aromatic N) is 1. The van der Waals surface area contributed by atoms with E-state index in [0.29, 0.717) is 31.3 Å². The zero-order valence-corrected chi connectivity index (χ0v) is 15.4. The van der Waals surface area contributed by atoms with E-state index in [1.54, 1.807) is 0 Å². The molecule has 23 heavy (non-hydrogen) atoms. The first kappa shape index (κ1) is 20.4. The van der Waals surface area contributed by atoms with Gasteiger partial charge in [0.15, 0.2) is 0 Å². The van der Waals surface area contributed by atoms with E-state index in [4.69, 9.17) is 4.74 Å². The first-order valence-electron chi connectivity index (χ1n) is 9.04. The molecule has 0 saturated carbocycles. The number of ether oxygens (including phenoxy) is 1. The summed E-state index contributed by atoms with van der Waals surface area (Å²) in [7, 11) is 0. The van der Waals surface area contributed by atoms with E-state index >= 15 is 0 Å². The lowest BCUT2D eigenvalue weighted by Gasteiger charge is -2.31. The van der Waals surface area contributed by atoms with E-state index in [0.717, 1.165) is 45.6 Å². The molecule has 1 heterocycles. The van der Waals surface area contributed by atoms with Crippen molar-refractivity contribution in [1.82, 2.24) is 20.9 Å². The Morgan fingerprint density at radius 3 is 2.26 bits per heavy atom. The summed E-state index contributed by atoms with van der Waals surface area (Å²) in [5.41, 5.74) is 0. The van der Waals surface area contributed by atoms with Gasteiger partial charge in [-0.25, -0.2) is 0 Å². The van der Waals surface area contributed by atoms with Gasteiger partial charge in [0.1, 0.15) is 0 Å². The lowest BCUT2D eigenvalue weighted by atomic mass is 10.1. The number of rotatable bonds is 11. The largest absolute Gasteiger partial charge is 0.377 e. The number of carbonyl (C=O) groups excluding carboxylic acids is 1. The van der Waals surface area contributed by atoms with Crippen LogP contribution in [0.4, 0.5) is 0 Å². The van der Waals surface area contributed by atoms with Gasteiger partial charge in [-0.05, 0) is 12.8 Å². The van der Waals surface area contributed by atoms with Crippen molar-refractivity contribution in [3.63, 3.8) is 0 Å². The van der Waals surface area contributed by atoms with Crippen LogP contribution in [0, 0.1) is 0 Å². The van der Waals surface area contributed by atoms with E-state index in [-0.39, 0.29) is 5.91 Å². The Balaban J connectivity index is 2.03. The molecular formula is C17H36N4O2. The van der Waals surface area contributed by atoms with E-state index in [1.807, 2.05) is 0 Å². The molecule has 1 amide bonds. The molecule has 0 radical (unpaired) electrons. The summed E-state index contributed by atoms with van der Waals surface area (Å²) in [6.45, 7) is 14.1. The lowest BCUT2D eigenvalue weighted by molar-refractivity contribution is -0.122. The average Bonchev–Trinajstić information content (AvgIpc) is 2.49. The number of hydrogen-bond acceptors (Lipinski definition) is 5. The van der Waals surface area contributed by atoms with Crippen molar-refractivity contribution in [3.05, 3.63) is 0 Å². The van der Waals surface area contributed by atoms with Crippen molar-refractivity contribution in [1.29, 1.82) is 0 Å². The van der Waals surface area contributed by atoms with Crippen LogP contribution in [0.15, 0.2) is 0 Å². The molecule has 0 aromatic rings. The van der Waals surface area contributed by atoms with Gasteiger partial charge in [-0.2, -0.15) is 0 Å². The second-order valence-corrected chi connectivity index (χ2v) is 6.91. The molecule has 0 aromatic heterocycles. The molecule has 1 rings (SSSR count). The first-order valence-corrected chi connectivity index (χ1v) is 9.04. The number of hydrogen-bond donors (Lipinski definition) is 3. The van der Waals surface area contributed by atoms with Gasteiger partial charge in [0.2, 0.25) is 5.91 Å². The molecule has 0 atom stereocenters. The molecule has 0 bridgehead atoms. The van der Waals surface area contributed by atoms with Gasteiger partial charge in [-0.3, -0.25) is 9.69 Å². The molecule has 1 aliphatic heterocycles. The Morgan fingerprint density at radius 2 is 1.65 bits per heavy atom. The van der Waals surface area contributed by atoms with Crippen LogP contribution in [0.1, 0.15) is 40.5 Å². The summed E-state index contributed by atoms with van der Waals surface area (Å²) < 4.78 is 5.89. The Morgan fingerprint density at radius 1 is 1.04 bits per heavy atom. The molecule has 0 spiro atoms. The average molecular weight is 329 g/mol. The van der Waals surface area contributed by atoms with Crippen LogP contribution in [0.3, 0.4) is 0 Å². The van der Waals surface area contributed by atoms with Gasteiger partial charge in [-0.1, -0.05) is 27.7 Å². The van der Waals surface area contributed by atoms with Crippen molar-refractivity contribution in [2.24, 2.45) is 0 Å². The van der Waals surface area contributed by atoms with Gasteiger partial charge in [0.05, 0.1) is 19.3 Å². The van der Waals surface area contributed by atoms with Crippen LogP contribution in [0.25, 0.3) is 0 Å². The zero-order valence-electron chi connectivity index (χ0n) is 15.4. The molecule has 6 heteroatoms. The fourth-order valence-corrected chi connectivity index (χ4v) is 2.63. The molecule has 1 saturated heterocycles. The minimum absolute atomic E-state index is 0.121. The van der Waals surface area contributed by atoms with E-state index in [2.05, 4.69) is 48.5 Å². The molecule has 1 fully saturated rings. The van der Waals surface area contributed by atoms with Gasteiger partial charge >= 0.3 is 0 Å². The number of piperidine rings is 1. The van der Waals surface area contributed by atoms with Crippen LogP contribution in [-0.4, -0.2) is 74.9 Å². The third kappa shape index (κ3) is 10.7. The standard InChI is InChI=1S/C17H36N4O2/c1-14(2)18-7-8-20-17(22)13-21-10-5-16(6-11-21)23-12-9-19-15(3)4/h14-16,18-19H,5-13H2,1-4H3,(H,20,22). The topological polar surface area (TPSA) is 65.6 Å². The van der Waals surface area contributed by atoms with Crippen molar-refractivity contribution < 1.29 is 9.53 Å². The Bertz CT molecular complexity index is 316. The van der Waals surface area contributed by atoms with E-state index in [9.17, 15) is 4.79 Å². The summed E-state index contributed by atoms with van der Waals surface area (Å²) in [5.74, 6) is 0.121. The Labute approximate surface area is 141 Å². The van der Waals surface area contributed by atoms with Gasteiger partial charge < -0.3 is 20.7 Å². The molecule has 1 aliphatic rings. The fourth-order valence-electron chi connectivity index (χ4n) is 2.63. The number of carbonyl (C=O) groups is 1. The maximum Gasteiger partial charge on any atom is 0.234 e. The van der Waals surface area contributed by atoms with Gasteiger partial charge in [0.25, 0.3) is 0 Å². The van der Waals surface area contributed by atoms with Crippen LogP contribution in [0.2, 0.25) is 0 Å².